The minimum atomic E-state index is -0.138. The number of rotatable bonds is 5. The van der Waals surface area contributed by atoms with Crippen LogP contribution in [0.4, 0.5) is 0 Å². The van der Waals surface area contributed by atoms with Crippen LogP contribution in [0.2, 0.25) is 0 Å². The predicted molar refractivity (Wildman–Crippen MR) is 214 cm³/mol. The molecule has 7 aromatic carbocycles. The van der Waals surface area contributed by atoms with Crippen molar-refractivity contribution in [3.05, 3.63) is 181 Å². The Hall–Kier alpha value is -6.58. The molecule has 0 fully saturated rings. The predicted octanol–water partition coefficient (Wildman–Crippen LogP) is 13.0. The summed E-state index contributed by atoms with van der Waals surface area (Å²) in [5.74, 6) is 0.694. The largest absolute Gasteiger partial charge is 0.455 e. The fourth-order valence-electron chi connectivity index (χ4n) is 8.16. The molecule has 0 saturated heterocycles. The van der Waals surface area contributed by atoms with E-state index in [1.807, 2.05) is 12.1 Å². The van der Waals surface area contributed by atoms with Crippen LogP contribution in [0.3, 0.4) is 0 Å². The maximum Gasteiger partial charge on any atom is 0.161 e. The van der Waals surface area contributed by atoms with E-state index in [4.69, 9.17) is 14.4 Å². The number of aromatic nitrogens is 2. The minimum absolute atomic E-state index is 0.138. The molecular formula is C49H34N2O. The van der Waals surface area contributed by atoms with E-state index in [1.54, 1.807) is 0 Å². The van der Waals surface area contributed by atoms with Gasteiger partial charge >= 0.3 is 0 Å². The molecule has 0 unspecified atom stereocenters. The van der Waals surface area contributed by atoms with E-state index in [0.717, 1.165) is 61.1 Å². The fourth-order valence-corrected chi connectivity index (χ4v) is 8.16. The molecule has 2 aromatic heterocycles. The topological polar surface area (TPSA) is 38.9 Å². The second kappa shape index (κ2) is 11.8. The summed E-state index contributed by atoms with van der Waals surface area (Å²) in [6.45, 7) is 4.62. The van der Waals surface area contributed by atoms with E-state index in [1.165, 1.54) is 33.4 Å². The van der Waals surface area contributed by atoms with Gasteiger partial charge in [-0.3, -0.25) is 0 Å². The van der Waals surface area contributed by atoms with Gasteiger partial charge in [0.1, 0.15) is 11.2 Å². The quantitative estimate of drug-likeness (QED) is 0.183. The molecule has 2 heterocycles. The number of hydrogen-bond donors (Lipinski definition) is 0. The molecule has 1 aliphatic rings. The molecule has 0 atom stereocenters. The summed E-state index contributed by atoms with van der Waals surface area (Å²) < 4.78 is 6.56. The molecule has 0 amide bonds. The molecule has 0 aliphatic heterocycles. The first kappa shape index (κ1) is 30.3. The van der Waals surface area contributed by atoms with Crippen LogP contribution < -0.4 is 0 Å². The second-order valence-corrected chi connectivity index (χ2v) is 14.1. The zero-order valence-corrected chi connectivity index (χ0v) is 29.0. The van der Waals surface area contributed by atoms with Crippen molar-refractivity contribution < 1.29 is 4.42 Å². The van der Waals surface area contributed by atoms with Crippen LogP contribution in [0.1, 0.15) is 25.0 Å². The van der Waals surface area contributed by atoms with Gasteiger partial charge in [-0.25, -0.2) is 9.97 Å². The smallest absolute Gasteiger partial charge is 0.161 e. The number of benzene rings is 7. The molecular weight excluding hydrogens is 633 g/mol. The Labute approximate surface area is 302 Å². The van der Waals surface area contributed by atoms with Gasteiger partial charge in [0.05, 0.1) is 11.4 Å². The van der Waals surface area contributed by atoms with Gasteiger partial charge in [0.15, 0.2) is 5.82 Å². The lowest BCUT2D eigenvalue weighted by Gasteiger charge is -2.21. The maximum atomic E-state index is 6.56. The summed E-state index contributed by atoms with van der Waals surface area (Å²) in [6.07, 6.45) is 0. The highest BCUT2D eigenvalue weighted by molar-refractivity contribution is 6.09. The van der Waals surface area contributed by atoms with Gasteiger partial charge in [-0.05, 0) is 62.7 Å². The van der Waals surface area contributed by atoms with Gasteiger partial charge in [0.25, 0.3) is 0 Å². The highest BCUT2D eigenvalue weighted by atomic mass is 16.3. The van der Waals surface area contributed by atoms with Crippen molar-refractivity contribution in [1.82, 2.24) is 9.97 Å². The average Bonchev–Trinajstić information content (AvgIpc) is 3.70. The Balaban J connectivity index is 1.21. The van der Waals surface area contributed by atoms with Crippen LogP contribution in [0, 0.1) is 0 Å². The van der Waals surface area contributed by atoms with E-state index < -0.39 is 0 Å². The summed E-state index contributed by atoms with van der Waals surface area (Å²) in [5.41, 5.74) is 16.0. The fraction of sp³-hybridized carbons (Fsp3) is 0.0612. The summed E-state index contributed by atoms with van der Waals surface area (Å²) in [7, 11) is 0. The van der Waals surface area contributed by atoms with E-state index in [0.29, 0.717) is 5.82 Å². The lowest BCUT2D eigenvalue weighted by atomic mass is 9.82. The van der Waals surface area contributed by atoms with Crippen molar-refractivity contribution in [2.24, 2.45) is 0 Å². The number of para-hydroxylation sites is 2. The van der Waals surface area contributed by atoms with Crippen LogP contribution in [-0.2, 0) is 5.41 Å². The van der Waals surface area contributed by atoms with E-state index >= 15 is 0 Å². The van der Waals surface area contributed by atoms with Crippen molar-refractivity contribution >= 4 is 21.9 Å². The minimum Gasteiger partial charge on any atom is -0.455 e. The summed E-state index contributed by atoms with van der Waals surface area (Å²) in [4.78, 5) is 10.8. The lowest BCUT2D eigenvalue weighted by molar-refractivity contribution is 0.660. The zero-order chi connectivity index (χ0) is 34.8. The van der Waals surface area contributed by atoms with Gasteiger partial charge in [-0.2, -0.15) is 0 Å². The molecule has 3 heteroatoms. The Bertz CT molecular complexity index is 2810. The molecule has 3 nitrogen and oxygen atoms in total. The standard InChI is InChI=1S/C49H34N2O/c1-49(2)41-23-10-8-19-38(41)46-40(22-13-24-42(46)49)48-50-43(30-44(51-48)39-21-12-20-37-36-18-9-11-25-45(36)52-47(37)39)35-17-7-6-16-34(35)33-28-26-32(27-29-33)31-14-4-3-5-15-31/h3-30H,1-2H3. The van der Waals surface area contributed by atoms with E-state index in [9.17, 15) is 0 Å². The van der Waals surface area contributed by atoms with Crippen molar-refractivity contribution in [3.8, 4) is 67.3 Å². The zero-order valence-electron chi connectivity index (χ0n) is 29.0. The van der Waals surface area contributed by atoms with Crippen molar-refractivity contribution in [2.75, 3.05) is 0 Å². The van der Waals surface area contributed by atoms with Crippen LogP contribution >= 0.6 is 0 Å². The van der Waals surface area contributed by atoms with Crippen LogP contribution in [0.25, 0.3) is 89.2 Å². The summed E-state index contributed by atoms with van der Waals surface area (Å²) in [5, 5.41) is 2.17. The molecule has 0 N–H and O–H groups in total. The monoisotopic (exact) mass is 666 g/mol. The molecule has 1 aliphatic carbocycles. The van der Waals surface area contributed by atoms with Crippen LogP contribution in [0.15, 0.2) is 174 Å². The first-order chi connectivity index (χ1) is 25.5. The maximum absolute atomic E-state index is 6.56. The highest BCUT2D eigenvalue weighted by Gasteiger charge is 2.37. The van der Waals surface area contributed by atoms with Crippen molar-refractivity contribution in [3.63, 3.8) is 0 Å². The van der Waals surface area contributed by atoms with Gasteiger partial charge in [0, 0.05) is 32.9 Å². The normalized spacial score (nSPS) is 13.0. The number of fused-ring (bicyclic) bond motifs is 6. The molecule has 0 bridgehead atoms. The summed E-state index contributed by atoms with van der Waals surface area (Å²) in [6, 6.07) is 59.9. The number of hydrogen-bond acceptors (Lipinski definition) is 3. The molecule has 246 valence electrons. The van der Waals surface area contributed by atoms with Gasteiger partial charge in [0.2, 0.25) is 0 Å². The summed E-state index contributed by atoms with van der Waals surface area (Å²) >= 11 is 0. The molecule has 0 saturated carbocycles. The highest BCUT2D eigenvalue weighted by Crippen LogP contribution is 2.52. The third kappa shape index (κ3) is 4.74. The van der Waals surface area contributed by atoms with Gasteiger partial charge in [-0.1, -0.05) is 166 Å². The number of nitrogens with zero attached hydrogens (tertiary/aromatic N) is 2. The third-order valence-electron chi connectivity index (χ3n) is 10.8. The van der Waals surface area contributed by atoms with Crippen LogP contribution in [0.5, 0.6) is 0 Å². The lowest BCUT2D eigenvalue weighted by Crippen LogP contribution is -2.14. The Kier molecular flexibility index (Phi) is 6.84. The molecule has 52 heavy (non-hydrogen) atoms. The Morgan fingerprint density at radius 2 is 0.981 bits per heavy atom. The van der Waals surface area contributed by atoms with Gasteiger partial charge < -0.3 is 4.42 Å². The van der Waals surface area contributed by atoms with Crippen molar-refractivity contribution in [2.45, 2.75) is 19.3 Å². The first-order valence-corrected chi connectivity index (χ1v) is 17.8. The second-order valence-electron chi connectivity index (χ2n) is 14.1. The van der Waals surface area contributed by atoms with Crippen LogP contribution in [-0.4, -0.2) is 9.97 Å². The molecule has 0 radical (unpaired) electrons. The SMILES string of the molecule is CC1(C)c2ccccc2-c2c(-c3nc(-c4ccccc4-c4ccc(-c5ccccc5)cc4)cc(-c4cccc5c4oc4ccccc45)n3)cccc21. The van der Waals surface area contributed by atoms with E-state index in [2.05, 4.69) is 172 Å². The van der Waals surface area contributed by atoms with Crippen molar-refractivity contribution in [1.29, 1.82) is 0 Å². The molecule has 9 aromatic rings. The molecule has 10 rings (SSSR count). The Morgan fingerprint density at radius 1 is 0.423 bits per heavy atom. The average molecular weight is 667 g/mol. The first-order valence-electron chi connectivity index (χ1n) is 17.8. The van der Waals surface area contributed by atoms with E-state index in [-0.39, 0.29) is 5.41 Å². The molecule has 0 spiro atoms. The third-order valence-corrected chi connectivity index (χ3v) is 10.8. The van der Waals surface area contributed by atoms with Gasteiger partial charge in [-0.15, -0.1) is 0 Å². The Morgan fingerprint density at radius 3 is 1.81 bits per heavy atom. The number of furan rings is 1.